The van der Waals surface area contributed by atoms with Crippen LogP contribution >= 0.6 is 0 Å². The summed E-state index contributed by atoms with van der Waals surface area (Å²) >= 11 is 0. The number of rotatable bonds is 30. The number of hydrogen-bond donors (Lipinski definition) is 0. The average Bonchev–Trinajstić information content (AvgIpc) is 3.04. The molecule has 0 radical (unpaired) electrons. The molecule has 0 aromatic rings. The maximum absolute atomic E-state index is 10.9. The molecule has 4 nitrogen and oxygen atoms in total. The van der Waals surface area contributed by atoms with E-state index in [2.05, 4.69) is 48.6 Å². The lowest BCUT2D eigenvalue weighted by molar-refractivity contribution is -0.141. The normalized spacial score (nSPS) is 10.4. The molecule has 0 bridgehead atoms. The van der Waals surface area contributed by atoms with Crippen LogP contribution in [0.2, 0.25) is 0 Å². The van der Waals surface area contributed by atoms with Crippen LogP contribution in [0.5, 0.6) is 0 Å². The highest BCUT2D eigenvalue weighted by atomic mass is 16.5. The Kier molecular flexibility index (Phi) is 48.3. The van der Waals surface area contributed by atoms with Crippen LogP contribution in [-0.2, 0) is 19.1 Å². The third kappa shape index (κ3) is 49.8. The smallest absolute Gasteiger partial charge is 0.305 e. The fourth-order valence-electron chi connectivity index (χ4n) is 4.70. The highest BCUT2D eigenvalue weighted by Crippen LogP contribution is 2.11. The van der Waals surface area contributed by atoms with E-state index in [-0.39, 0.29) is 11.9 Å². The molecule has 4 heteroatoms. The van der Waals surface area contributed by atoms with E-state index in [1.165, 1.54) is 149 Å². The molecule has 260 valence electrons. The Hall–Kier alpha value is -1.84. The van der Waals surface area contributed by atoms with E-state index < -0.39 is 0 Å². The monoisotopic (exact) mass is 621 g/mol. The van der Waals surface area contributed by atoms with Crippen molar-refractivity contribution in [2.45, 2.75) is 194 Å². The van der Waals surface area contributed by atoms with Crippen LogP contribution in [0.3, 0.4) is 0 Å². The summed E-state index contributed by atoms with van der Waals surface area (Å²) in [6, 6.07) is 0. The van der Waals surface area contributed by atoms with E-state index in [9.17, 15) is 9.59 Å². The average molecular weight is 621 g/mol. The molecule has 0 aliphatic rings. The summed E-state index contributed by atoms with van der Waals surface area (Å²) in [5, 5.41) is 0. The molecule has 0 N–H and O–H groups in total. The van der Waals surface area contributed by atoms with Crippen molar-refractivity contribution in [2.75, 3.05) is 14.2 Å². The van der Waals surface area contributed by atoms with Crippen LogP contribution in [0.25, 0.3) is 0 Å². The molecule has 0 unspecified atom stereocenters. The van der Waals surface area contributed by atoms with Crippen molar-refractivity contribution in [2.24, 2.45) is 0 Å². The second-order valence-corrected chi connectivity index (χ2v) is 11.9. The van der Waals surface area contributed by atoms with Crippen LogP contribution in [0.15, 0.2) is 37.5 Å². The van der Waals surface area contributed by atoms with E-state index in [1.54, 1.807) is 0 Å². The molecular weight excluding hydrogens is 544 g/mol. The van der Waals surface area contributed by atoms with Crippen molar-refractivity contribution >= 4 is 11.9 Å². The van der Waals surface area contributed by atoms with Gasteiger partial charge in [-0.25, -0.2) is 0 Å². The van der Waals surface area contributed by atoms with Crippen molar-refractivity contribution in [1.29, 1.82) is 0 Å². The summed E-state index contributed by atoms with van der Waals surface area (Å²) in [6.07, 6.45) is 42.9. The highest BCUT2D eigenvalue weighted by molar-refractivity contribution is 5.69. The van der Waals surface area contributed by atoms with Gasteiger partial charge in [0.05, 0.1) is 14.2 Å². The number of unbranched alkanes of at least 4 members (excludes halogenated alkanes) is 22. The van der Waals surface area contributed by atoms with Gasteiger partial charge in [-0.2, -0.15) is 0 Å². The molecule has 0 heterocycles. The van der Waals surface area contributed by atoms with Crippen LogP contribution in [-0.4, -0.2) is 26.2 Å². The van der Waals surface area contributed by atoms with Gasteiger partial charge in [0.1, 0.15) is 0 Å². The minimum atomic E-state index is -0.0916. The van der Waals surface area contributed by atoms with Gasteiger partial charge in [-0.1, -0.05) is 141 Å². The molecule has 0 aromatic carbocycles. The van der Waals surface area contributed by atoms with Crippen molar-refractivity contribution in [3.8, 4) is 0 Å². The van der Waals surface area contributed by atoms with Gasteiger partial charge in [-0.15, -0.1) is 13.2 Å². The standard InChI is InChI=1S/C19H36O2.C11H20O2.C10H20/c1-3-4-5-6-7-8-9-10-11-12-13-14-15-16-17-18-19(20)21-2;1-3-4-5-6-7-8-9-10-11(12)13-2;1-3-5-7-9-10-8-6-4-2/h10-11H,3-9,12-18H2,1-2H3;3H,1,4-10H2,2H3;3H,1,4-10H2,2H3/b11-10-;;. The van der Waals surface area contributed by atoms with Crippen molar-refractivity contribution in [1.82, 2.24) is 0 Å². The van der Waals surface area contributed by atoms with Gasteiger partial charge in [-0.05, 0) is 64.2 Å². The second-order valence-electron chi connectivity index (χ2n) is 11.9. The van der Waals surface area contributed by atoms with Gasteiger partial charge in [-0.3, -0.25) is 9.59 Å². The lowest BCUT2D eigenvalue weighted by Crippen LogP contribution is -1.98. The van der Waals surface area contributed by atoms with E-state index in [0.29, 0.717) is 12.8 Å². The van der Waals surface area contributed by atoms with Crippen molar-refractivity contribution < 1.29 is 19.1 Å². The van der Waals surface area contributed by atoms with Gasteiger partial charge in [0.2, 0.25) is 0 Å². The zero-order chi connectivity index (χ0) is 33.2. The predicted octanol–water partition coefficient (Wildman–Crippen LogP) is 13.2. The molecule has 0 saturated heterocycles. The van der Waals surface area contributed by atoms with Gasteiger partial charge in [0.25, 0.3) is 0 Å². The first-order valence-electron chi connectivity index (χ1n) is 18.5. The zero-order valence-electron chi connectivity index (χ0n) is 30.2. The minimum absolute atomic E-state index is 0.0763. The fourth-order valence-corrected chi connectivity index (χ4v) is 4.70. The van der Waals surface area contributed by atoms with Gasteiger partial charge < -0.3 is 9.47 Å². The topological polar surface area (TPSA) is 52.6 Å². The lowest BCUT2D eigenvalue weighted by atomic mass is 10.1. The Labute approximate surface area is 275 Å². The van der Waals surface area contributed by atoms with Crippen molar-refractivity contribution in [3.05, 3.63) is 37.5 Å². The van der Waals surface area contributed by atoms with Gasteiger partial charge >= 0.3 is 11.9 Å². The molecule has 0 amide bonds. The first-order chi connectivity index (χ1) is 21.5. The van der Waals surface area contributed by atoms with Gasteiger partial charge in [0.15, 0.2) is 0 Å². The maximum Gasteiger partial charge on any atom is 0.305 e. The first-order valence-corrected chi connectivity index (χ1v) is 18.5. The van der Waals surface area contributed by atoms with E-state index >= 15 is 0 Å². The third-order valence-electron chi connectivity index (χ3n) is 7.65. The third-order valence-corrected chi connectivity index (χ3v) is 7.65. The molecular formula is C40H76O4. The Morgan fingerprint density at radius 2 is 0.705 bits per heavy atom. The van der Waals surface area contributed by atoms with E-state index in [0.717, 1.165) is 32.1 Å². The number of carbonyl (C=O) groups excluding carboxylic acids is 2. The molecule has 0 fully saturated rings. The predicted molar refractivity (Wildman–Crippen MR) is 194 cm³/mol. The Bertz CT molecular complexity index is 610. The number of allylic oxidation sites excluding steroid dienone is 4. The summed E-state index contributed by atoms with van der Waals surface area (Å²) in [6.45, 7) is 11.9. The summed E-state index contributed by atoms with van der Waals surface area (Å²) in [5.74, 6) is -0.168. The quantitative estimate of drug-likeness (QED) is 0.0455. The molecule has 0 aromatic heterocycles. The Balaban J connectivity index is -0.000000624. The Morgan fingerprint density at radius 3 is 1.00 bits per heavy atom. The van der Waals surface area contributed by atoms with E-state index in [1.807, 2.05) is 12.2 Å². The van der Waals surface area contributed by atoms with Crippen LogP contribution in [0.4, 0.5) is 0 Å². The molecule has 0 atom stereocenters. The Morgan fingerprint density at radius 1 is 0.432 bits per heavy atom. The van der Waals surface area contributed by atoms with Crippen molar-refractivity contribution in [3.63, 3.8) is 0 Å². The molecule has 0 aliphatic carbocycles. The largest absolute Gasteiger partial charge is 0.469 e. The minimum Gasteiger partial charge on any atom is -0.469 e. The first kappa shape index (κ1) is 46.6. The molecule has 0 spiro atoms. The molecule has 0 aliphatic heterocycles. The zero-order valence-corrected chi connectivity index (χ0v) is 30.2. The summed E-state index contributed by atoms with van der Waals surface area (Å²) in [5.41, 5.74) is 0. The number of hydrogen-bond acceptors (Lipinski definition) is 4. The summed E-state index contributed by atoms with van der Waals surface area (Å²) in [7, 11) is 2.90. The molecule has 44 heavy (non-hydrogen) atoms. The maximum atomic E-state index is 10.9. The van der Waals surface area contributed by atoms with E-state index in [4.69, 9.17) is 0 Å². The molecule has 0 saturated carbocycles. The number of esters is 2. The summed E-state index contributed by atoms with van der Waals surface area (Å²) < 4.78 is 9.16. The van der Waals surface area contributed by atoms with Gasteiger partial charge in [0, 0.05) is 12.8 Å². The highest BCUT2D eigenvalue weighted by Gasteiger charge is 1.99. The van der Waals surface area contributed by atoms with Crippen LogP contribution < -0.4 is 0 Å². The number of ether oxygens (including phenoxy) is 2. The van der Waals surface area contributed by atoms with Crippen LogP contribution in [0.1, 0.15) is 194 Å². The SMILES string of the molecule is C=CCCCCCCCC.C=CCCCCCCCC(=O)OC.CCCCCCCC/C=C\CCCCCCCC(=O)OC. The lowest BCUT2D eigenvalue weighted by Gasteiger charge is -2.00. The summed E-state index contributed by atoms with van der Waals surface area (Å²) in [4.78, 5) is 21.6. The fraction of sp³-hybridized carbons (Fsp3) is 0.800. The second kappa shape index (κ2) is 45.6. The number of carbonyl (C=O) groups is 2. The number of methoxy groups -OCH3 is 2. The molecule has 0 rings (SSSR count). The van der Waals surface area contributed by atoms with Crippen LogP contribution in [0, 0.1) is 0 Å².